The van der Waals surface area contributed by atoms with Crippen LogP contribution in [-0.2, 0) is 9.53 Å². The fourth-order valence-electron chi connectivity index (χ4n) is 1.53. The van der Waals surface area contributed by atoms with E-state index in [0.29, 0.717) is 19.1 Å². The number of rotatable bonds is 4. The van der Waals surface area contributed by atoms with Gasteiger partial charge >= 0.3 is 0 Å². The summed E-state index contributed by atoms with van der Waals surface area (Å²) >= 11 is 5.71. The van der Waals surface area contributed by atoms with Gasteiger partial charge in [0.1, 0.15) is 0 Å². The molecule has 0 aliphatic carbocycles. The van der Waals surface area contributed by atoms with Crippen molar-refractivity contribution in [3.63, 3.8) is 0 Å². The lowest BCUT2D eigenvalue weighted by Gasteiger charge is -2.23. The first-order chi connectivity index (χ1) is 6.77. The van der Waals surface area contributed by atoms with Gasteiger partial charge in [0.15, 0.2) is 0 Å². The highest BCUT2D eigenvalue weighted by molar-refractivity contribution is 6.18. The summed E-state index contributed by atoms with van der Waals surface area (Å²) in [5.41, 5.74) is 0. The van der Waals surface area contributed by atoms with E-state index in [1.807, 2.05) is 6.92 Å². The Morgan fingerprint density at radius 2 is 2.21 bits per heavy atom. The number of hydrogen-bond donors (Lipinski definition) is 1. The van der Waals surface area contributed by atoms with Crippen LogP contribution in [0.2, 0.25) is 0 Å². The standard InChI is InChI=1S/C10H18ClNO2/c1-2-9(7-11)12-10(13)8-3-5-14-6-4-8/h8-9H,2-7H2,1H3,(H,12,13). The maximum absolute atomic E-state index is 11.7. The average molecular weight is 220 g/mol. The van der Waals surface area contributed by atoms with Crippen molar-refractivity contribution in [2.75, 3.05) is 19.1 Å². The average Bonchev–Trinajstić information content (AvgIpc) is 2.26. The molecule has 1 aliphatic heterocycles. The number of halogens is 1. The molecule has 0 saturated carbocycles. The summed E-state index contributed by atoms with van der Waals surface area (Å²) in [6.45, 7) is 3.43. The third-order valence-electron chi connectivity index (χ3n) is 2.62. The molecule has 0 radical (unpaired) electrons. The number of carbonyl (C=O) groups is 1. The van der Waals surface area contributed by atoms with Gasteiger partial charge in [0, 0.05) is 31.1 Å². The van der Waals surface area contributed by atoms with E-state index in [9.17, 15) is 4.79 Å². The Hall–Kier alpha value is -0.280. The number of carbonyl (C=O) groups excluding carboxylic acids is 1. The minimum absolute atomic E-state index is 0.118. The van der Waals surface area contributed by atoms with E-state index in [0.717, 1.165) is 19.3 Å². The monoisotopic (exact) mass is 219 g/mol. The van der Waals surface area contributed by atoms with E-state index in [4.69, 9.17) is 16.3 Å². The van der Waals surface area contributed by atoms with Crippen LogP contribution in [0.5, 0.6) is 0 Å². The summed E-state index contributed by atoms with van der Waals surface area (Å²) in [4.78, 5) is 11.7. The molecule has 0 spiro atoms. The molecular formula is C10H18ClNO2. The van der Waals surface area contributed by atoms with Crippen molar-refractivity contribution < 1.29 is 9.53 Å². The van der Waals surface area contributed by atoms with E-state index < -0.39 is 0 Å². The van der Waals surface area contributed by atoms with Gasteiger partial charge in [-0.3, -0.25) is 4.79 Å². The van der Waals surface area contributed by atoms with Crippen molar-refractivity contribution >= 4 is 17.5 Å². The number of ether oxygens (including phenoxy) is 1. The molecule has 4 heteroatoms. The molecule has 3 nitrogen and oxygen atoms in total. The van der Waals surface area contributed by atoms with Gasteiger partial charge in [-0.2, -0.15) is 0 Å². The van der Waals surface area contributed by atoms with Crippen LogP contribution in [0.4, 0.5) is 0 Å². The third kappa shape index (κ3) is 3.46. The van der Waals surface area contributed by atoms with Crippen molar-refractivity contribution in [2.24, 2.45) is 5.92 Å². The molecule has 1 unspecified atom stereocenters. The zero-order valence-corrected chi connectivity index (χ0v) is 9.35. The van der Waals surface area contributed by atoms with Crippen molar-refractivity contribution in [3.05, 3.63) is 0 Å². The smallest absolute Gasteiger partial charge is 0.223 e. The fourth-order valence-corrected chi connectivity index (χ4v) is 1.82. The summed E-state index contributed by atoms with van der Waals surface area (Å²) in [7, 11) is 0. The van der Waals surface area contributed by atoms with Crippen LogP contribution < -0.4 is 5.32 Å². The molecule has 1 rings (SSSR count). The van der Waals surface area contributed by atoms with Crippen molar-refractivity contribution in [2.45, 2.75) is 32.2 Å². The molecule has 14 heavy (non-hydrogen) atoms. The fraction of sp³-hybridized carbons (Fsp3) is 0.900. The number of hydrogen-bond acceptors (Lipinski definition) is 2. The zero-order chi connectivity index (χ0) is 10.4. The molecule has 0 aromatic rings. The Morgan fingerprint density at radius 1 is 1.57 bits per heavy atom. The highest BCUT2D eigenvalue weighted by atomic mass is 35.5. The van der Waals surface area contributed by atoms with Gasteiger partial charge in [-0.1, -0.05) is 6.92 Å². The molecule has 0 aromatic carbocycles. The zero-order valence-electron chi connectivity index (χ0n) is 8.59. The molecule has 0 bridgehead atoms. The summed E-state index contributed by atoms with van der Waals surface area (Å²) < 4.78 is 5.20. The highest BCUT2D eigenvalue weighted by Crippen LogP contribution is 2.15. The normalized spacial score (nSPS) is 20.4. The highest BCUT2D eigenvalue weighted by Gasteiger charge is 2.22. The third-order valence-corrected chi connectivity index (χ3v) is 2.99. The molecule has 1 aliphatic rings. The first kappa shape index (κ1) is 11.8. The van der Waals surface area contributed by atoms with Crippen LogP contribution >= 0.6 is 11.6 Å². The minimum Gasteiger partial charge on any atom is -0.381 e. The molecule has 1 saturated heterocycles. The van der Waals surface area contributed by atoms with E-state index in [1.54, 1.807) is 0 Å². The first-order valence-corrected chi connectivity index (χ1v) is 5.75. The lowest BCUT2D eigenvalue weighted by molar-refractivity contribution is -0.128. The largest absolute Gasteiger partial charge is 0.381 e. The van der Waals surface area contributed by atoms with Gasteiger partial charge < -0.3 is 10.1 Å². The molecule has 1 fully saturated rings. The van der Waals surface area contributed by atoms with Gasteiger partial charge in [-0.05, 0) is 19.3 Å². The molecular weight excluding hydrogens is 202 g/mol. The number of amides is 1. The summed E-state index contributed by atoms with van der Waals surface area (Å²) in [6.07, 6.45) is 2.56. The molecule has 82 valence electrons. The van der Waals surface area contributed by atoms with Crippen LogP contribution in [-0.4, -0.2) is 31.0 Å². The van der Waals surface area contributed by atoms with E-state index >= 15 is 0 Å². The van der Waals surface area contributed by atoms with Gasteiger partial charge in [-0.25, -0.2) is 0 Å². The second kappa shape index (κ2) is 6.25. The Bertz CT molecular complexity index is 177. The first-order valence-electron chi connectivity index (χ1n) is 5.22. The molecule has 1 atom stereocenters. The summed E-state index contributed by atoms with van der Waals surface area (Å²) in [6, 6.07) is 0.118. The maximum atomic E-state index is 11.7. The summed E-state index contributed by atoms with van der Waals surface area (Å²) in [5.74, 6) is 0.757. The Morgan fingerprint density at radius 3 is 2.71 bits per heavy atom. The lowest BCUT2D eigenvalue weighted by Crippen LogP contribution is -2.41. The van der Waals surface area contributed by atoms with Crippen molar-refractivity contribution in [1.29, 1.82) is 0 Å². The minimum atomic E-state index is 0.118. The lowest BCUT2D eigenvalue weighted by atomic mass is 9.99. The van der Waals surface area contributed by atoms with Gasteiger partial charge in [0.2, 0.25) is 5.91 Å². The second-order valence-electron chi connectivity index (χ2n) is 3.65. The second-order valence-corrected chi connectivity index (χ2v) is 3.96. The van der Waals surface area contributed by atoms with Crippen molar-refractivity contribution in [3.8, 4) is 0 Å². The topological polar surface area (TPSA) is 38.3 Å². The van der Waals surface area contributed by atoms with E-state index in [2.05, 4.69) is 5.32 Å². The molecule has 1 heterocycles. The van der Waals surface area contributed by atoms with Crippen LogP contribution in [0.3, 0.4) is 0 Å². The Labute approximate surface area is 90.1 Å². The quantitative estimate of drug-likeness (QED) is 0.729. The van der Waals surface area contributed by atoms with Gasteiger partial charge in [0.25, 0.3) is 0 Å². The maximum Gasteiger partial charge on any atom is 0.223 e. The predicted molar refractivity (Wildman–Crippen MR) is 56.5 cm³/mol. The van der Waals surface area contributed by atoms with E-state index in [1.165, 1.54) is 0 Å². The van der Waals surface area contributed by atoms with Crippen LogP contribution in [0.1, 0.15) is 26.2 Å². The Balaban J connectivity index is 2.32. The van der Waals surface area contributed by atoms with Gasteiger partial charge in [-0.15, -0.1) is 11.6 Å². The molecule has 1 N–H and O–H groups in total. The van der Waals surface area contributed by atoms with E-state index in [-0.39, 0.29) is 17.9 Å². The van der Waals surface area contributed by atoms with Crippen LogP contribution in [0.15, 0.2) is 0 Å². The van der Waals surface area contributed by atoms with Crippen LogP contribution in [0.25, 0.3) is 0 Å². The van der Waals surface area contributed by atoms with Crippen molar-refractivity contribution in [1.82, 2.24) is 5.32 Å². The number of alkyl halides is 1. The van der Waals surface area contributed by atoms with Crippen LogP contribution in [0, 0.1) is 5.92 Å². The summed E-state index contributed by atoms with van der Waals surface area (Å²) in [5, 5.41) is 2.96. The van der Waals surface area contributed by atoms with Gasteiger partial charge in [0.05, 0.1) is 0 Å². The Kier molecular flexibility index (Phi) is 5.26. The molecule has 0 aromatic heterocycles. The predicted octanol–water partition coefficient (Wildman–Crippen LogP) is 1.55. The molecule has 1 amide bonds. The SMILES string of the molecule is CCC(CCl)NC(=O)C1CCOCC1. The number of nitrogens with one attached hydrogen (secondary N) is 1.